The van der Waals surface area contributed by atoms with Crippen molar-refractivity contribution in [1.29, 1.82) is 0 Å². The third-order valence-electron chi connectivity index (χ3n) is 2.52. The third kappa shape index (κ3) is 5.60. The molecule has 1 heteroatoms. The molecule has 0 spiro atoms. The van der Waals surface area contributed by atoms with Gasteiger partial charge in [0.15, 0.2) is 0 Å². The van der Waals surface area contributed by atoms with E-state index < -0.39 is 0 Å². The molecule has 0 radical (unpaired) electrons. The number of hydrogen-bond acceptors (Lipinski definition) is 0. The first-order valence-electron chi connectivity index (χ1n) is 5.93. The fourth-order valence-electron chi connectivity index (χ4n) is 1.39. The lowest BCUT2D eigenvalue weighted by Gasteiger charge is -2.01. The lowest BCUT2D eigenvalue weighted by atomic mass is 10.0. The Bertz CT molecular complexity index is 394. The van der Waals surface area contributed by atoms with Gasteiger partial charge in [-0.05, 0) is 43.2 Å². The van der Waals surface area contributed by atoms with Crippen molar-refractivity contribution in [3.8, 4) is 0 Å². The van der Waals surface area contributed by atoms with E-state index in [1.807, 2.05) is 18.2 Å². The number of aryl methyl sites for hydroxylation is 1. The van der Waals surface area contributed by atoms with Gasteiger partial charge in [0.1, 0.15) is 4.90 Å². The van der Waals surface area contributed by atoms with Crippen molar-refractivity contribution in [1.82, 2.24) is 0 Å². The molecule has 2 aromatic rings. The first kappa shape index (κ1) is 13.9. The minimum atomic E-state index is 0.659. The van der Waals surface area contributed by atoms with E-state index in [0.717, 1.165) is 4.90 Å². The molecule has 0 N–H and O–H groups in total. The van der Waals surface area contributed by atoms with E-state index in [1.54, 1.807) is 0 Å². The second-order valence-electron chi connectivity index (χ2n) is 4.43. The number of rotatable bonds is 1. The molecular formula is C16H21S+. The molecule has 0 saturated carbocycles. The monoisotopic (exact) mass is 245 g/mol. The summed E-state index contributed by atoms with van der Waals surface area (Å²) in [6, 6.07) is 18.7. The van der Waals surface area contributed by atoms with E-state index in [-0.39, 0.29) is 0 Å². The average Bonchev–Trinajstić information content (AvgIpc) is 2.35. The Kier molecular flexibility index (Phi) is 5.85. The topological polar surface area (TPSA) is 0 Å². The first-order chi connectivity index (χ1) is 8.09. The highest BCUT2D eigenvalue weighted by atomic mass is 32.1. The summed E-state index contributed by atoms with van der Waals surface area (Å²) in [6.45, 7) is 6.48. The quantitative estimate of drug-likeness (QED) is 0.661. The molecule has 0 fully saturated rings. The zero-order valence-electron chi connectivity index (χ0n) is 10.8. The van der Waals surface area contributed by atoms with Crippen molar-refractivity contribution < 1.29 is 0 Å². The van der Waals surface area contributed by atoms with Crippen molar-refractivity contribution in [2.75, 3.05) is 0 Å². The van der Waals surface area contributed by atoms with Crippen LogP contribution < -0.4 is 0 Å². The molecule has 17 heavy (non-hydrogen) atoms. The van der Waals surface area contributed by atoms with E-state index in [2.05, 4.69) is 69.8 Å². The average molecular weight is 245 g/mol. The summed E-state index contributed by atoms with van der Waals surface area (Å²) in [6.07, 6.45) is 0. The van der Waals surface area contributed by atoms with Crippen LogP contribution in [0, 0.1) is 6.92 Å². The van der Waals surface area contributed by atoms with Crippen molar-refractivity contribution >= 4 is 12.6 Å². The fraction of sp³-hybridized carbons (Fsp3) is 0.250. The van der Waals surface area contributed by atoms with Gasteiger partial charge in [-0.25, -0.2) is 0 Å². The molecule has 0 nitrogen and oxygen atoms in total. The Hall–Kier alpha value is -1.21. The fourth-order valence-corrected chi connectivity index (χ4v) is 1.56. The van der Waals surface area contributed by atoms with E-state index in [1.165, 1.54) is 11.1 Å². The maximum absolute atomic E-state index is 3.39. The summed E-state index contributed by atoms with van der Waals surface area (Å²) in [5.41, 5.74) is 2.71. The molecule has 0 aliphatic carbocycles. The van der Waals surface area contributed by atoms with Crippen LogP contribution in [0.5, 0.6) is 0 Å². The van der Waals surface area contributed by atoms with Gasteiger partial charge in [0.2, 0.25) is 0 Å². The Balaban J connectivity index is 0.000000171. The molecule has 90 valence electrons. The van der Waals surface area contributed by atoms with E-state index in [9.17, 15) is 0 Å². The van der Waals surface area contributed by atoms with Crippen molar-refractivity contribution in [3.63, 3.8) is 0 Å². The Labute approximate surface area is 110 Å². The summed E-state index contributed by atoms with van der Waals surface area (Å²) in [5.74, 6) is 0.659. The molecule has 2 rings (SSSR count). The largest absolute Gasteiger partial charge is 0.150 e. The molecule has 0 aromatic heterocycles. The first-order valence-corrected chi connectivity index (χ1v) is 6.43. The van der Waals surface area contributed by atoms with E-state index >= 15 is 0 Å². The Morgan fingerprint density at radius 3 is 1.71 bits per heavy atom. The predicted octanol–water partition coefficient (Wildman–Crippen LogP) is 4.18. The minimum Gasteiger partial charge on any atom is -0.0622 e. The van der Waals surface area contributed by atoms with Crippen LogP contribution in [0.3, 0.4) is 0 Å². The van der Waals surface area contributed by atoms with Crippen LogP contribution in [0.2, 0.25) is 0 Å². The van der Waals surface area contributed by atoms with Crippen LogP contribution in [-0.4, -0.2) is 0 Å². The minimum absolute atomic E-state index is 0.659. The molecule has 0 atom stereocenters. The van der Waals surface area contributed by atoms with Crippen LogP contribution in [-0.2, 0) is 12.6 Å². The summed E-state index contributed by atoms with van der Waals surface area (Å²) >= 11 is 3.39. The van der Waals surface area contributed by atoms with Crippen molar-refractivity contribution in [3.05, 3.63) is 65.7 Å². The van der Waals surface area contributed by atoms with Gasteiger partial charge in [0.05, 0.1) is 0 Å². The second-order valence-corrected chi connectivity index (χ2v) is 5.01. The summed E-state index contributed by atoms with van der Waals surface area (Å²) in [5, 5.41) is 0. The van der Waals surface area contributed by atoms with Crippen LogP contribution in [0.1, 0.15) is 30.9 Å². The molecule has 0 saturated heterocycles. The van der Waals surface area contributed by atoms with Gasteiger partial charge in [-0.1, -0.05) is 61.9 Å². The SMILES string of the molecule is CC(C)c1ccccc1.Cc1ccc([SH2+])cc1. The third-order valence-corrected chi connectivity index (χ3v) is 2.85. The maximum atomic E-state index is 3.39. The van der Waals surface area contributed by atoms with Gasteiger partial charge >= 0.3 is 0 Å². The second kappa shape index (κ2) is 7.18. The molecule has 0 unspecified atom stereocenters. The normalized spacial score (nSPS) is 9.71. The highest BCUT2D eigenvalue weighted by Crippen LogP contribution is 2.11. The molecule has 0 amide bonds. The van der Waals surface area contributed by atoms with Crippen LogP contribution >= 0.6 is 0 Å². The van der Waals surface area contributed by atoms with Gasteiger partial charge in [0, 0.05) is 0 Å². The highest BCUT2D eigenvalue weighted by Gasteiger charge is 1.93. The zero-order valence-corrected chi connectivity index (χ0v) is 11.8. The smallest absolute Gasteiger partial charge is 0.0622 e. The van der Waals surface area contributed by atoms with Gasteiger partial charge in [-0.15, -0.1) is 0 Å². The Morgan fingerprint density at radius 1 is 0.824 bits per heavy atom. The molecule has 0 heterocycles. The van der Waals surface area contributed by atoms with Gasteiger partial charge < -0.3 is 0 Å². The number of benzene rings is 2. The molecular weight excluding hydrogens is 224 g/mol. The zero-order chi connectivity index (χ0) is 12.7. The van der Waals surface area contributed by atoms with Crippen molar-refractivity contribution in [2.45, 2.75) is 31.6 Å². The van der Waals surface area contributed by atoms with Crippen LogP contribution in [0.4, 0.5) is 0 Å². The lowest BCUT2D eigenvalue weighted by Crippen LogP contribution is -1.83. The van der Waals surface area contributed by atoms with Gasteiger partial charge in [0.25, 0.3) is 0 Å². The van der Waals surface area contributed by atoms with Gasteiger partial charge in [-0.2, -0.15) is 0 Å². The van der Waals surface area contributed by atoms with Crippen LogP contribution in [0.25, 0.3) is 0 Å². The highest BCUT2D eigenvalue weighted by molar-refractivity contribution is 7.58. The molecule has 0 bridgehead atoms. The summed E-state index contributed by atoms with van der Waals surface area (Å²) in [4.78, 5) is 1.13. The number of hydrogen-bond donors (Lipinski definition) is 0. The lowest BCUT2D eigenvalue weighted by molar-refractivity contribution is 0.867. The maximum Gasteiger partial charge on any atom is 0.150 e. The van der Waals surface area contributed by atoms with Gasteiger partial charge in [-0.3, -0.25) is 0 Å². The van der Waals surface area contributed by atoms with Crippen molar-refractivity contribution in [2.24, 2.45) is 0 Å². The summed E-state index contributed by atoms with van der Waals surface area (Å²) in [7, 11) is 0. The molecule has 0 aliphatic rings. The van der Waals surface area contributed by atoms with Crippen LogP contribution in [0.15, 0.2) is 59.5 Å². The predicted molar refractivity (Wildman–Crippen MR) is 80.1 cm³/mol. The van der Waals surface area contributed by atoms with E-state index in [4.69, 9.17) is 0 Å². The summed E-state index contributed by atoms with van der Waals surface area (Å²) < 4.78 is 0. The standard InChI is InChI=1S/C9H12.C7H8S/c1-8(2)9-6-4-3-5-7-9;1-6-2-4-7(8)5-3-6/h3-8H,1-2H3;2-5,8H,1H3/p+1. The molecule has 2 aromatic carbocycles. The van der Waals surface area contributed by atoms with E-state index in [0.29, 0.717) is 5.92 Å². The molecule has 0 aliphatic heterocycles. The Morgan fingerprint density at radius 2 is 1.35 bits per heavy atom.